The zero-order valence-corrected chi connectivity index (χ0v) is 19.6. The number of hydrogen-bond donors (Lipinski definition) is 0. The van der Waals surface area contributed by atoms with Crippen molar-refractivity contribution in [1.82, 2.24) is 15.0 Å². The zero-order chi connectivity index (χ0) is 23.7. The van der Waals surface area contributed by atoms with Gasteiger partial charge in [-0.1, -0.05) is 0 Å². The average Bonchev–Trinajstić information content (AvgIpc) is 3.30. The molecule has 34 heavy (non-hydrogen) atoms. The number of nitrogens with zero attached hydrogens (tertiary/aromatic N) is 7. The molecule has 0 spiro atoms. The third-order valence-corrected chi connectivity index (χ3v) is 6.73. The highest BCUT2D eigenvalue weighted by Crippen LogP contribution is 2.30. The smallest absolute Gasteiger partial charge is 0.228 e. The molecule has 1 aromatic carbocycles. The summed E-state index contributed by atoms with van der Waals surface area (Å²) in [6.07, 6.45) is 3.91. The summed E-state index contributed by atoms with van der Waals surface area (Å²) in [4.78, 5) is 21.2. The van der Waals surface area contributed by atoms with E-state index in [1.807, 2.05) is 19.1 Å². The number of nitriles is 1. The number of anilines is 3. The van der Waals surface area contributed by atoms with Crippen LogP contribution in [0.5, 0.6) is 0 Å². The Kier molecular flexibility index (Phi) is 6.01. The van der Waals surface area contributed by atoms with E-state index in [9.17, 15) is 4.39 Å². The van der Waals surface area contributed by atoms with Gasteiger partial charge in [-0.25, -0.2) is 14.4 Å². The second kappa shape index (κ2) is 9.26. The van der Waals surface area contributed by atoms with Crippen molar-refractivity contribution in [3.8, 4) is 17.3 Å². The highest BCUT2D eigenvalue weighted by Gasteiger charge is 2.26. The molecule has 2 aromatic heterocycles. The summed E-state index contributed by atoms with van der Waals surface area (Å²) in [6, 6.07) is 12.9. The monoisotopic (exact) mass is 457 g/mol. The van der Waals surface area contributed by atoms with Crippen molar-refractivity contribution in [2.75, 3.05) is 47.4 Å². The van der Waals surface area contributed by atoms with Crippen LogP contribution in [0.2, 0.25) is 0 Å². The molecule has 2 saturated heterocycles. The molecule has 4 heterocycles. The Morgan fingerprint density at radius 1 is 1.00 bits per heavy atom. The van der Waals surface area contributed by atoms with E-state index in [0.717, 1.165) is 80.0 Å². The summed E-state index contributed by atoms with van der Waals surface area (Å²) in [6.45, 7) is 8.39. The Morgan fingerprint density at radius 3 is 2.38 bits per heavy atom. The van der Waals surface area contributed by atoms with Crippen LogP contribution in [0.1, 0.15) is 30.9 Å². The first-order chi connectivity index (χ1) is 16.5. The number of halogens is 1. The van der Waals surface area contributed by atoms with Gasteiger partial charge in [0, 0.05) is 56.6 Å². The molecule has 0 aliphatic carbocycles. The van der Waals surface area contributed by atoms with Crippen molar-refractivity contribution in [2.24, 2.45) is 0 Å². The van der Waals surface area contributed by atoms with Crippen LogP contribution >= 0.6 is 0 Å². The number of piperazine rings is 1. The molecular weight excluding hydrogens is 429 g/mol. The highest BCUT2D eigenvalue weighted by molar-refractivity contribution is 5.65. The van der Waals surface area contributed by atoms with Gasteiger partial charge in [0.25, 0.3) is 0 Å². The number of benzene rings is 1. The van der Waals surface area contributed by atoms with Crippen LogP contribution in [0.3, 0.4) is 0 Å². The van der Waals surface area contributed by atoms with Gasteiger partial charge >= 0.3 is 0 Å². The lowest BCUT2D eigenvalue weighted by Crippen LogP contribution is -2.47. The predicted molar refractivity (Wildman–Crippen MR) is 132 cm³/mol. The lowest BCUT2D eigenvalue weighted by Gasteiger charge is -2.37. The summed E-state index contributed by atoms with van der Waals surface area (Å²) >= 11 is 0. The standard InChI is InChI=1S/C26H28FN7/c1-18-14-20(16-28)17-29-25(18)33-12-10-32(11-13-33)24-15-23(21-5-7-22(27)8-6-21)30-26(31-24)34-9-3-4-19(34)2/h5-8,14-15,17,19H,3-4,9-13H2,1-2H3. The van der Waals surface area contributed by atoms with Gasteiger partial charge < -0.3 is 14.7 Å². The Labute approximate surface area is 199 Å². The van der Waals surface area contributed by atoms with E-state index in [1.165, 1.54) is 12.1 Å². The first-order valence-electron chi connectivity index (χ1n) is 11.8. The van der Waals surface area contributed by atoms with Gasteiger partial charge in [-0.15, -0.1) is 0 Å². The molecule has 5 rings (SSSR count). The van der Waals surface area contributed by atoms with E-state index in [4.69, 9.17) is 15.2 Å². The first kappa shape index (κ1) is 22.1. The predicted octanol–water partition coefficient (Wildman–Crippen LogP) is 4.17. The third-order valence-electron chi connectivity index (χ3n) is 6.73. The minimum atomic E-state index is -0.255. The number of aryl methyl sites for hydroxylation is 1. The molecule has 7 nitrogen and oxygen atoms in total. The third kappa shape index (κ3) is 4.38. The second-order valence-electron chi connectivity index (χ2n) is 9.05. The van der Waals surface area contributed by atoms with Crippen LogP contribution in [-0.2, 0) is 0 Å². The zero-order valence-electron chi connectivity index (χ0n) is 19.6. The van der Waals surface area contributed by atoms with Crippen molar-refractivity contribution in [1.29, 1.82) is 5.26 Å². The van der Waals surface area contributed by atoms with E-state index in [0.29, 0.717) is 11.6 Å². The van der Waals surface area contributed by atoms with E-state index in [-0.39, 0.29) is 5.82 Å². The molecular formula is C26H28FN7. The van der Waals surface area contributed by atoms with Crippen molar-refractivity contribution >= 4 is 17.6 Å². The molecule has 0 amide bonds. The van der Waals surface area contributed by atoms with Crippen LogP contribution in [0.25, 0.3) is 11.3 Å². The maximum Gasteiger partial charge on any atom is 0.228 e. The van der Waals surface area contributed by atoms with Crippen LogP contribution in [0, 0.1) is 24.1 Å². The number of aromatic nitrogens is 3. The van der Waals surface area contributed by atoms with Crippen LogP contribution in [0.15, 0.2) is 42.6 Å². The molecule has 174 valence electrons. The maximum atomic E-state index is 13.5. The summed E-state index contributed by atoms with van der Waals surface area (Å²) in [5.74, 6) is 2.32. The fraction of sp³-hybridized carbons (Fsp3) is 0.385. The van der Waals surface area contributed by atoms with Gasteiger partial charge in [0.2, 0.25) is 5.95 Å². The van der Waals surface area contributed by atoms with Crippen molar-refractivity contribution in [3.63, 3.8) is 0 Å². The highest BCUT2D eigenvalue weighted by atomic mass is 19.1. The molecule has 1 atom stereocenters. The van der Waals surface area contributed by atoms with Crippen LogP contribution in [-0.4, -0.2) is 53.7 Å². The van der Waals surface area contributed by atoms with Crippen LogP contribution < -0.4 is 14.7 Å². The van der Waals surface area contributed by atoms with E-state index in [2.05, 4.69) is 32.7 Å². The summed E-state index contributed by atoms with van der Waals surface area (Å²) in [5, 5.41) is 9.12. The SMILES string of the molecule is Cc1cc(C#N)cnc1N1CCN(c2cc(-c3ccc(F)cc3)nc(N3CCCC3C)n2)CC1. The van der Waals surface area contributed by atoms with Gasteiger partial charge in [-0.05, 0) is 62.6 Å². The molecule has 0 saturated carbocycles. The molecule has 2 aliphatic rings. The second-order valence-corrected chi connectivity index (χ2v) is 9.05. The summed E-state index contributed by atoms with van der Waals surface area (Å²) < 4.78 is 13.5. The minimum absolute atomic E-state index is 0.255. The van der Waals surface area contributed by atoms with E-state index in [1.54, 1.807) is 18.3 Å². The fourth-order valence-corrected chi connectivity index (χ4v) is 4.82. The Bertz CT molecular complexity index is 1210. The largest absolute Gasteiger partial charge is 0.353 e. The Hall–Kier alpha value is -3.73. The molecule has 3 aromatic rings. The molecule has 0 N–H and O–H groups in total. The molecule has 0 bridgehead atoms. The normalized spacial score (nSPS) is 18.3. The topological polar surface area (TPSA) is 72.2 Å². The van der Waals surface area contributed by atoms with Gasteiger partial charge in [-0.3, -0.25) is 0 Å². The maximum absolute atomic E-state index is 13.5. The van der Waals surface area contributed by atoms with E-state index >= 15 is 0 Å². The summed E-state index contributed by atoms with van der Waals surface area (Å²) in [5.41, 5.74) is 3.29. The fourth-order valence-electron chi connectivity index (χ4n) is 4.82. The van der Waals surface area contributed by atoms with Gasteiger partial charge in [-0.2, -0.15) is 10.2 Å². The van der Waals surface area contributed by atoms with Crippen molar-refractivity contribution < 1.29 is 4.39 Å². The van der Waals surface area contributed by atoms with Gasteiger partial charge in [0.15, 0.2) is 0 Å². The number of pyridine rings is 1. The minimum Gasteiger partial charge on any atom is -0.353 e. The Balaban J connectivity index is 1.41. The lowest BCUT2D eigenvalue weighted by molar-refractivity contribution is 0.628. The van der Waals surface area contributed by atoms with Crippen LogP contribution in [0.4, 0.5) is 22.0 Å². The first-order valence-corrected chi connectivity index (χ1v) is 11.8. The lowest BCUT2D eigenvalue weighted by atomic mass is 10.1. The molecule has 2 fully saturated rings. The van der Waals surface area contributed by atoms with Crippen molar-refractivity contribution in [3.05, 3.63) is 59.5 Å². The van der Waals surface area contributed by atoms with Crippen molar-refractivity contribution in [2.45, 2.75) is 32.7 Å². The molecule has 2 aliphatic heterocycles. The summed E-state index contributed by atoms with van der Waals surface area (Å²) in [7, 11) is 0. The quantitative estimate of drug-likeness (QED) is 0.582. The van der Waals surface area contributed by atoms with E-state index < -0.39 is 0 Å². The molecule has 8 heteroatoms. The number of hydrogen-bond acceptors (Lipinski definition) is 7. The molecule has 0 radical (unpaired) electrons. The number of rotatable bonds is 4. The van der Waals surface area contributed by atoms with Gasteiger partial charge in [0.05, 0.1) is 11.3 Å². The van der Waals surface area contributed by atoms with Gasteiger partial charge in [0.1, 0.15) is 23.5 Å². The Morgan fingerprint density at radius 2 is 1.74 bits per heavy atom. The molecule has 1 unspecified atom stereocenters. The average molecular weight is 458 g/mol.